The standard InChI is InChI=1S/C17H18FNO/c1-12(13-6-4-7-15(18)9-13)19-11-16-10-14-5-2-3-8-17(14)20-16/h2-9,12,16,19H,10-11H2,1H3. The first-order valence-electron chi connectivity index (χ1n) is 6.96. The van der Waals surface area contributed by atoms with Crippen molar-refractivity contribution in [1.29, 1.82) is 0 Å². The molecule has 1 heterocycles. The van der Waals surface area contributed by atoms with Crippen molar-refractivity contribution in [2.24, 2.45) is 0 Å². The van der Waals surface area contributed by atoms with Gasteiger partial charge in [-0.3, -0.25) is 0 Å². The van der Waals surface area contributed by atoms with E-state index in [4.69, 9.17) is 4.74 Å². The first-order chi connectivity index (χ1) is 9.72. The van der Waals surface area contributed by atoms with Gasteiger partial charge in [-0.1, -0.05) is 30.3 Å². The third-order valence-electron chi connectivity index (χ3n) is 3.71. The highest BCUT2D eigenvalue weighted by atomic mass is 19.1. The van der Waals surface area contributed by atoms with Gasteiger partial charge in [0.05, 0.1) is 0 Å². The summed E-state index contributed by atoms with van der Waals surface area (Å²) >= 11 is 0. The molecule has 0 spiro atoms. The van der Waals surface area contributed by atoms with Crippen LogP contribution in [0.3, 0.4) is 0 Å². The molecule has 0 bridgehead atoms. The summed E-state index contributed by atoms with van der Waals surface area (Å²) in [5, 5.41) is 3.41. The maximum absolute atomic E-state index is 13.2. The van der Waals surface area contributed by atoms with Gasteiger partial charge in [0.1, 0.15) is 17.7 Å². The van der Waals surface area contributed by atoms with Crippen LogP contribution in [0, 0.1) is 5.82 Å². The van der Waals surface area contributed by atoms with Gasteiger partial charge in [0, 0.05) is 19.0 Å². The molecule has 3 rings (SSSR count). The lowest BCUT2D eigenvalue weighted by molar-refractivity contribution is 0.222. The average Bonchev–Trinajstić information content (AvgIpc) is 2.87. The fraction of sp³-hybridized carbons (Fsp3) is 0.294. The zero-order valence-electron chi connectivity index (χ0n) is 11.5. The van der Waals surface area contributed by atoms with E-state index in [-0.39, 0.29) is 18.0 Å². The smallest absolute Gasteiger partial charge is 0.123 e. The number of fused-ring (bicyclic) bond motifs is 1. The Bertz CT molecular complexity index is 574. The summed E-state index contributed by atoms with van der Waals surface area (Å²) < 4.78 is 19.1. The van der Waals surface area contributed by atoms with Crippen LogP contribution in [0.25, 0.3) is 0 Å². The zero-order valence-corrected chi connectivity index (χ0v) is 11.5. The van der Waals surface area contributed by atoms with Gasteiger partial charge in [-0.05, 0) is 36.2 Å². The average molecular weight is 271 g/mol. The topological polar surface area (TPSA) is 21.3 Å². The summed E-state index contributed by atoms with van der Waals surface area (Å²) in [4.78, 5) is 0. The predicted molar refractivity (Wildman–Crippen MR) is 77.4 cm³/mol. The lowest BCUT2D eigenvalue weighted by Gasteiger charge is -2.17. The second kappa shape index (κ2) is 5.63. The van der Waals surface area contributed by atoms with E-state index in [1.165, 1.54) is 11.6 Å². The molecule has 2 nitrogen and oxygen atoms in total. The maximum atomic E-state index is 13.2. The number of nitrogens with one attached hydrogen (secondary N) is 1. The molecule has 2 unspecified atom stereocenters. The Labute approximate surface area is 118 Å². The summed E-state index contributed by atoms with van der Waals surface area (Å²) in [6, 6.07) is 15.0. The van der Waals surface area contributed by atoms with E-state index in [1.807, 2.05) is 31.2 Å². The number of benzene rings is 2. The van der Waals surface area contributed by atoms with Gasteiger partial charge in [0.15, 0.2) is 0 Å². The molecule has 1 aliphatic rings. The van der Waals surface area contributed by atoms with E-state index in [0.29, 0.717) is 0 Å². The van der Waals surface area contributed by atoms with Crippen molar-refractivity contribution in [3.63, 3.8) is 0 Å². The molecule has 1 aliphatic heterocycles. The number of hydrogen-bond donors (Lipinski definition) is 1. The largest absolute Gasteiger partial charge is 0.488 e. The molecular weight excluding hydrogens is 253 g/mol. The zero-order chi connectivity index (χ0) is 13.9. The lowest BCUT2D eigenvalue weighted by Crippen LogP contribution is -2.31. The van der Waals surface area contributed by atoms with Crippen LogP contribution in [0.15, 0.2) is 48.5 Å². The quantitative estimate of drug-likeness (QED) is 0.919. The Morgan fingerprint density at radius 1 is 1.25 bits per heavy atom. The lowest BCUT2D eigenvalue weighted by atomic mass is 10.1. The van der Waals surface area contributed by atoms with Crippen LogP contribution in [0.4, 0.5) is 4.39 Å². The molecule has 104 valence electrons. The van der Waals surface area contributed by atoms with Crippen molar-refractivity contribution in [3.8, 4) is 5.75 Å². The summed E-state index contributed by atoms with van der Waals surface area (Å²) in [5.74, 6) is 0.790. The third kappa shape index (κ3) is 2.83. The minimum Gasteiger partial charge on any atom is -0.488 e. The number of hydrogen-bond acceptors (Lipinski definition) is 2. The summed E-state index contributed by atoms with van der Waals surface area (Å²) in [6.07, 6.45) is 1.09. The van der Waals surface area contributed by atoms with Crippen LogP contribution in [-0.2, 0) is 6.42 Å². The number of para-hydroxylation sites is 1. The third-order valence-corrected chi connectivity index (χ3v) is 3.71. The van der Waals surface area contributed by atoms with Crippen molar-refractivity contribution in [2.75, 3.05) is 6.54 Å². The summed E-state index contributed by atoms with van der Waals surface area (Å²) in [7, 11) is 0. The van der Waals surface area contributed by atoms with Crippen LogP contribution in [-0.4, -0.2) is 12.6 Å². The van der Waals surface area contributed by atoms with E-state index < -0.39 is 0 Å². The molecule has 0 saturated carbocycles. The number of ether oxygens (including phenoxy) is 1. The van der Waals surface area contributed by atoms with Crippen LogP contribution in [0.2, 0.25) is 0 Å². The minimum atomic E-state index is -0.194. The van der Waals surface area contributed by atoms with Crippen molar-refractivity contribution < 1.29 is 9.13 Å². The molecule has 2 aromatic carbocycles. The molecule has 0 aliphatic carbocycles. The first kappa shape index (κ1) is 13.1. The fourth-order valence-corrected chi connectivity index (χ4v) is 2.57. The van der Waals surface area contributed by atoms with Gasteiger partial charge in [-0.15, -0.1) is 0 Å². The van der Waals surface area contributed by atoms with Gasteiger partial charge in [-0.25, -0.2) is 4.39 Å². The molecule has 0 saturated heterocycles. The highest BCUT2D eigenvalue weighted by Gasteiger charge is 2.22. The normalized spacial score (nSPS) is 18.4. The molecule has 0 amide bonds. The molecule has 0 radical (unpaired) electrons. The van der Waals surface area contributed by atoms with Gasteiger partial charge >= 0.3 is 0 Å². The summed E-state index contributed by atoms with van der Waals surface area (Å²) in [5.41, 5.74) is 2.22. The monoisotopic (exact) mass is 271 g/mol. The number of halogens is 1. The van der Waals surface area contributed by atoms with Crippen LogP contribution in [0.1, 0.15) is 24.1 Å². The van der Waals surface area contributed by atoms with E-state index in [2.05, 4.69) is 11.4 Å². The highest BCUT2D eigenvalue weighted by Crippen LogP contribution is 2.28. The van der Waals surface area contributed by atoms with Crippen molar-refractivity contribution in [2.45, 2.75) is 25.5 Å². The Balaban J connectivity index is 1.56. The molecule has 1 N–H and O–H groups in total. The van der Waals surface area contributed by atoms with Gasteiger partial charge in [-0.2, -0.15) is 0 Å². The Morgan fingerprint density at radius 3 is 2.90 bits per heavy atom. The molecule has 0 fully saturated rings. The maximum Gasteiger partial charge on any atom is 0.123 e. The van der Waals surface area contributed by atoms with Gasteiger partial charge in [0.25, 0.3) is 0 Å². The van der Waals surface area contributed by atoms with Crippen molar-refractivity contribution >= 4 is 0 Å². The minimum absolute atomic E-state index is 0.109. The second-order valence-electron chi connectivity index (χ2n) is 5.24. The van der Waals surface area contributed by atoms with E-state index in [9.17, 15) is 4.39 Å². The SMILES string of the molecule is CC(NCC1Cc2ccccc2O1)c1cccc(F)c1. The van der Waals surface area contributed by atoms with Gasteiger partial charge < -0.3 is 10.1 Å². The van der Waals surface area contributed by atoms with E-state index in [0.717, 1.165) is 24.3 Å². The van der Waals surface area contributed by atoms with Crippen LogP contribution >= 0.6 is 0 Å². The molecule has 2 atom stereocenters. The Kier molecular flexibility index (Phi) is 3.70. The first-order valence-corrected chi connectivity index (χ1v) is 6.96. The van der Waals surface area contributed by atoms with E-state index in [1.54, 1.807) is 12.1 Å². The fourth-order valence-electron chi connectivity index (χ4n) is 2.57. The van der Waals surface area contributed by atoms with E-state index >= 15 is 0 Å². The molecule has 0 aromatic heterocycles. The molecule has 3 heteroatoms. The number of rotatable bonds is 4. The van der Waals surface area contributed by atoms with Crippen molar-refractivity contribution in [1.82, 2.24) is 5.32 Å². The Morgan fingerprint density at radius 2 is 2.10 bits per heavy atom. The van der Waals surface area contributed by atoms with Crippen molar-refractivity contribution in [3.05, 3.63) is 65.5 Å². The molecule has 2 aromatic rings. The highest BCUT2D eigenvalue weighted by molar-refractivity contribution is 5.37. The van der Waals surface area contributed by atoms with Crippen LogP contribution < -0.4 is 10.1 Å². The second-order valence-corrected chi connectivity index (χ2v) is 5.24. The van der Waals surface area contributed by atoms with Gasteiger partial charge in [0.2, 0.25) is 0 Å². The Hall–Kier alpha value is -1.87. The molecular formula is C17H18FNO. The molecule has 20 heavy (non-hydrogen) atoms. The predicted octanol–water partition coefficient (Wildman–Crippen LogP) is 3.48. The van der Waals surface area contributed by atoms with Crippen LogP contribution in [0.5, 0.6) is 5.75 Å². The summed E-state index contributed by atoms with van der Waals surface area (Å²) in [6.45, 7) is 2.79.